The summed E-state index contributed by atoms with van der Waals surface area (Å²) in [4.78, 5) is 11.8. The highest BCUT2D eigenvalue weighted by Gasteiger charge is 2.05. The van der Waals surface area contributed by atoms with E-state index in [4.69, 9.17) is 0 Å². The fourth-order valence-corrected chi connectivity index (χ4v) is 2.16. The summed E-state index contributed by atoms with van der Waals surface area (Å²) in [6, 6.07) is 18.9. The monoisotopic (exact) mass is 280 g/mol. The van der Waals surface area contributed by atoms with Gasteiger partial charge in [-0.25, -0.2) is 0 Å². The van der Waals surface area contributed by atoms with Crippen molar-refractivity contribution in [2.45, 2.75) is 25.4 Å². The number of aliphatic hydroxyl groups is 1. The first-order valence-corrected chi connectivity index (χ1v) is 7.26. The molecule has 0 aliphatic heterocycles. The normalized spacial score (nSPS) is 12.4. The molecular weight excluding hydrogens is 260 g/mol. The van der Waals surface area contributed by atoms with E-state index >= 15 is 0 Å². The first-order chi connectivity index (χ1) is 10.3. The molecule has 0 spiro atoms. The van der Waals surface area contributed by atoms with Crippen LogP contribution in [0.15, 0.2) is 72.8 Å². The van der Waals surface area contributed by atoms with Crippen LogP contribution in [-0.2, 0) is 0 Å². The third-order valence-electron chi connectivity index (χ3n) is 3.36. The summed E-state index contributed by atoms with van der Waals surface area (Å²) in [5.74, 6) is 0.0270. The van der Waals surface area contributed by atoms with Crippen LogP contribution in [0.4, 0.5) is 0 Å². The van der Waals surface area contributed by atoms with Gasteiger partial charge < -0.3 is 5.11 Å². The summed E-state index contributed by atoms with van der Waals surface area (Å²) in [5, 5.41) is 10.0. The minimum atomic E-state index is -0.426. The Morgan fingerprint density at radius 1 is 1.00 bits per heavy atom. The third-order valence-corrected chi connectivity index (χ3v) is 3.36. The van der Waals surface area contributed by atoms with Crippen molar-refractivity contribution in [1.82, 2.24) is 0 Å². The van der Waals surface area contributed by atoms with Crippen LogP contribution in [0.2, 0.25) is 0 Å². The second-order valence-corrected chi connectivity index (χ2v) is 4.99. The topological polar surface area (TPSA) is 37.3 Å². The number of unbranched alkanes of at least 4 members (excludes halogenated alkanes) is 1. The maximum atomic E-state index is 11.8. The van der Waals surface area contributed by atoms with Crippen molar-refractivity contribution in [1.29, 1.82) is 0 Å². The summed E-state index contributed by atoms with van der Waals surface area (Å²) in [6.45, 7) is 0. The van der Waals surface area contributed by atoms with Crippen LogP contribution >= 0.6 is 0 Å². The molecule has 1 N–H and O–H groups in total. The quantitative estimate of drug-likeness (QED) is 0.465. The molecule has 0 unspecified atom stereocenters. The zero-order chi connectivity index (χ0) is 14.9. The van der Waals surface area contributed by atoms with Gasteiger partial charge in [0.25, 0.3) is 0 Å². The SMILES string of the molecule is O=C(/C=C/CCC[C@H](O)c1ccccc1)c1ccccc1. The minimum Gasteiger partial charge on any atom is -0.388 e. The molecule has 0 bridgehead atoms. The van der Waals surface area contributed by atoms with Crippen LogP contribution in [0, 0.1) is 0 Å². The molecule has 0 amide bonds. The summed E-state index contributed by atoms with van der Waals surface area (Å²) in [6.07, 6.45) is 5.42. The Morgan fingerprint density at radius 3 is 2.29 bits per heavy atom. The second kappa shape index (κ2) is 8.18. The van der Waals surface area contributed by atoms with Crippen molar-refractivity contribution in [3.8, 4) is 0 Å². The maximum absolute atomic E-state index is 11.8. The van der Waals surface area contributed by atoms with E-state index in [1.165, 1.54) is 0 Å². The molecule has 0 fully saturated rings. The van der Waals surface area contributed by atoms with Crippen LogP contribution in [0.25, 0.3) is 0 Å². The Kier molecular flexibility index (Phi) is 5.92. The summed E-state index contributed by atoms with van der Waals surface area (Å²) >= 11 is 0. The van der Waals surface area contributed by atoms with Gasteiger partial charge in [0, 0.05) is 5.56 Å². The Balaban J connectivity index is 1.72. The highest BCUT2D eigenvalue weighted by Crippen LogP contribution is 2.18. The van der Waals surface area contributed by atoms with Crippen LogP contribution in [-0.4, -0.2) is 10.9 Å². The van der Waals surface area contributed by atoms with Gasteiger partial charge in [0.15, 0.2) is 5.78 Å². The van der Waals surface area contributed by atoms with Crippen molar-refractivity contribution in [3.63, 3.8) is 0 Å². The zero-order valence-electron chi connectivity index (χ0n) is 12.0. The number of ketones is 1. The molecule has 1 atom stereocenters. The van der Waals surface area contributed by atoms with Crippen molar-refractivity contribution in [3.05, 3.63) is 83.9 Å². The molecule has 2 aromatic rings. The van der Waals surface area contributed by atoms with Crippen molar-refractivity contribution >= 4 is 5.78 Å². The Labute approximate surface area is 125 Å². The lowest BCUT2D eigenvalue weighted by atomic mass is 10.0. The van der Waals surface area contributed by atoms with Gasteiger partial charge in [-0.3, -0.25) is 4.79 Å². The first-order valence-electron chi connectivity index (χ1n) is 7.26. The number of rotatable bonds is 7. The van der Waals surface area contributed by atoms with E-state index in [-0.39, 0.29) is 5.78 Å². The Hall–Kier alpha value is -2.19. The summed E-state index contributed by atoms with van der Waals surface area (Å²) in [5.41, 5.74) is 1.65. The van der Waals surface area contributed by atoms with E-state index in [9.17, 15) is 9.90 Å². The fraction of sp³-hybridized carbons (Fsp3) is 0.211. The van der Waals surface area contributed by atoms with Gasteiger partial charge >= 0.3 is 0 Å². The van der Waals surface area contributed by atoms with E-state index in [1.807, 2.05) is 66.7 Å². The molecule has 0 saturated heterocycles. The Bertz CT molecular complexity index is 573. The van der Waals surface area contributed by atoms with E-state index in [1.54, 1.807) is 6.08 Å². The molecule has 0 saturated carbocycles. The number of benzene rings is 2. The molecule has 0 radical (unpaired) electrons. The number of carbonyl (C=O) groups is 1. The van der Waals surface area contributed by atoms with Gasteiger partial charge in [-0.15, -0.1) is 0 Å². The molecule has 21 heavy (non-hydrogen) atoms. The molecule has 0 aliphatic rings. The number of aliphatic hydroxyl groups excluding tert-OH is 1. The first kappa shape index (κ1) is 15.2. The average molecular weight is 280 g/mol. The van der Waals surface area contributed by atoms with E-state index < -0.39 is 6.10 Å². The number of hydrogen-bond donors (Lipinski definition) is 1. The lowest BCUT2D eigenvalue weighted by Gasteiger charge is -2.09. The van der Waals surface area contributed by atoms with Gasteiger partial charge in [0.2, 0.25) is 0 Å². The van der Waals surface area contributed by atoms with Gasteiger partial charge in [-0.2, -0.15) is 0 Å². The third kappa shape index (κ3) is 5.01. The largest absolute Gasteiger partial charge is 0.388 e. The smallest absolute Gasteiger partial charge is 0.185 e. The van der Waals surface area contributed by atoms with E-state index in [0.29, 0.717) is 12.0 Å². The molecule has 108 valence electrons. The molecular formula is C19H20O2. The van der Waals surface area contributed by atoms with Gasteiger partial charge in [0.05, 0.1) is 6.10 Å². The zero-order valence-corrected chi connectivity index (χ0v) is 12.0. The fourth-order valence-electron chi connectivity index (χ4n) is 2.16. The standard InChI is InChI=1S/C19H20O2/c20-18(16-10-4-1-5-11-16)14-8-3-9-15-19(21)17-12-6-2-7-13-17/h1-2,4-8,10-14,19,21H,3,9,15H2/b14-8+/t19-/m0/s1. The van der Waals surface area contributed by atoms with Crippen molar-refractivity contribution < 1.29 is 9.90 Å². The highest BCUT2D eigenvalue weighted by atomic mass is 16.3. The molecule has 0 aliphatic carbocycles. The molecule has 0 aromatic heterocycles. The lowest BCUT2D eigenvalue weighted by molar-refractivity contribution is 0.104. The highest BCUT2D eigenvalue weighted by molar-refractivity contribution is 6.04. The summed E-state index contributed by atoms with van der Waals surface area (Å²) < 4.78 is 0. The van der Waals surface area contributed by atoms with E-state index in [2.05, 4.69) is 0 Å². The average Bonchev–Trinajstić information content (AvgIpc) is 2.55. The number of hydrogen-bond acceptors (Lipinski definition) is 2. The Morgan fingerprint density at radius 2 is 1.62 bits per heavy atom. The summed E-state index contributed by atoms with van der Waals surface area (Å²) in [7, 11) is 0. The minimum absolute atomic E-state index is 0.0270. The number of allylic oxidation sites excluding steroid dienone is 2. The molecule has 2 aromatic carbocycles. The van der Waals surface area contributed by atoms with Crippen LogP contribution in [0.1, 0.15) is 41.3 Å². The maximum Gasteiger partial charge on any atom is 0.185 e. The van der Waals surface area contributed by atoms with Crippen LogP contribution in [0.3, 0.4) is 0 Å². The second-order valence-electron chi connectivity index (χ2n) is 4.99. The van der Waals surface area contributed by atoms with Crippen molar-refractivity contribution in [2.24, 2.45) is 0 Å². The van der Waals surface area contributed by atoms with Gasteiger partial charge in [-0.05, 0) is 30.9 Å². The van der Waals surface area contributed by atoms with Gasteiger partial charge in [0.1, 0.15) is 0 Å². The number of carbonyl (C=O) groups excluding carboxylic acids is 1. The predicted molar refractivity (Wildman–Crippen MR) is 85.2 cm³/mol. The molecule has 2 heteroatoms. The van der Waals surface area contributed by atoms with Crippen LogP contribution < -0.4 is 0 Å². The van der Waals surface area contributed by atoms with Gasteiger partial charge in [-0.1, -0.05) is 66.7 Å². The molecule has 2 nitrogen and oxygen atoms in total. The lowest BCUT2D eigenvalue weighted by Crippen LogP contribution is -1.96. The van der Waals surface area contributed by atoms with Crippen molar-refractivity contribution in [2.75, 3.05) is 0 Å². The molecule has 0 heterocycles. The molecule has 2 rings (SSSR count). The van der Waals surface area contributed by atoms with E-state index in [0.717, 1.165) is 18.4 Å². The predicted octanol–water partition coefficient (Wildman–Crippen LogP) is 4.33. The van der Waals surface area contributed by atoms with Crippen LogP contribution in [0.5, 0.6) is 0 Å².